The van der Waals surface area contributed by atoms with E-state index >= 15 is 0 Å². The van der Waals surface area contributed by atoms with Crippen molar-refractivity contribution in [3.8, 4) is 5.75 Å². The van der Waals surface area contributed by atoms with Crippen LogP contribution in [0.2, 0.25) is 0 Å². The van der Waals surface area contributed by atoms with E-state index in [-0.39, 0.29) is 10.0 Å². The molecule has 19 heavy (non-hydrogen) atoms. The molecule has 2 aromatic rings. The average molecular weight is 301 g/mol. The van der Waals surface area contributed by atoms with E-state index in [9.17, 15) is 23.6 Å². The number of thiophene rings is 1. The maximum atomic E-state index is 11.8. The van der Waals surface area contributed by atoms with Crippen LogP contribution in [0.1, 0.15) is 0 Å². The summed E-state index contributed by atoms with van der Waals surface area (Å²) in [4.78, 5) is 13.2. The normalized spacial score (nSPS) is 11.2. The van der Waals surface area contributed by atoms with Gasteiger partial charge in [0, 0.05) is 0 Å². The fourth-order valence-corrected chi connectivity index (χ4v) is 3.23. The molecule has 2 N–H and O–H groups in total. The number of sulfonamides is 1. The number of aromatic nitrogens is 1. The Hall–Kier alpha value is -2.20. The smallest absolute Gasteiger partial charge is 0.291 e. The number of anilines is 1. The molecule has 2 aromatic heterocycles. The largest absolute Gasteiger partial charge is 0.504 e. The third-order valence-corrected chi connectivity index (χ3v) is 4.79. The van der Waals surface area contributed by atoms with E-state index in [1.807, 2.05) is 0 Å². The zero-order chi connectivity index (χ0) is 14.0. The highest BCUT2D eigenvalue weighted by Gasteiger charge is 2.19. The van der Waals surface area contributed by atoms with Gasteiger partial charge in [0.05, 0.1) is 11.0 Å². The molecule has 0 spiro atoms. The molecule has 0 amide bonds. The van der Waals surface area contributed by atoms with E-state index < -0.39 is 26.4 Å². The number of nitro groups is 1. The number of aromatic hydroxyl groups is 1. The van der Waals surface area contributed by atoms with Crippen LogP contribution in [0.4, 0.5) is 11.5 Å². The molecule has 0 bridgehead atoms. The minimum absolute atomic E-state index is 0.0482. The molecule has 8 nitrogen and oxygen atoms in total. The topological polar surface area (TPSA) is 122 Å². The maximum absolute atomic E-state index is 11.8. The Bertz CT molecular complexity index is 711. The average Bonchev–Trinajstić information content (AvgIpc) is 2.85. The van der Waals surface area contributed by atoms with E-state index in [1.54, 1.807) is 11.4 Å². The molecule has 0 saturated carbocycles. The van der Waals surface area contributed by atoms with Gasteiger partial charge in [0.1, 0.15) is 10.4 Å². The van der Waals surface area contributed by atoms with Crippen LogP contribution in [0.5, 0.6) is 5.75 Å². The van der Waals surface area contributed by atoms with Crippen molar-refractivity contribution in [2.45, 2.75) is 4.21 Å². The molecular weight excluding hydrogens is 294 g/mol. The fourth-order valence-electron chi connectivity index (χ4n) is 1.21. The Morgan fingerprint density at radius 1 is 1.47 bits per heavy atom. The summed E-state index contributed by atoms with van der Waals surface area (Å²) in [6.45, 7) is 0. The van der Waals surface area contributed by atoms with E-state index in [4.69, 9.17) is 0 Å². The van der Waals surface area contributed by atoms with Gasteiger partial charge in [-0.25, -0.2) is 13.4 Å². The highest BCUT2D eigenvalue weighted by atomic mass is 32.2. The first-order valence-corrected chi connectivity index (χ1v) is 7.16. The lowest BCUT2D eigenvalue weighted by Crippen LogP contribution is -2.12. The molecule has 10 heteroatoms. The second-order valence-corrected chi connectivity index (χ2v) is 6.21. The predicted molar refractivity (Wildman–Crippen MR) is 67.7 cm³/mol. The molecule has 0 unspecified atom stereocenters. The third kappa shape index (κ3) is 2.80. The number of nitrogens with one attached hydrogen (secondary N) is 1. The van der Waals surface area contributed by atoms with Crippen LogP contribution >= 0.6 is 11.3 Å². The predicted octanol–water partition coefficient (Wildman–Crippen LogP) is 1.56. The minimum atomic E-state index is -3.85. The van der Waals surface area contributed by atoms with Crippen LogP contribution < -0.4 is 4.72 Å². The van der Waals surface area contributed by atoms with Gasteiger partial charge in [-0.05, 0) is 11.4 Å². The van der Waals surface area contributed by atoms with Crippen molar-refractivity contribution in [1.29, 1.82) is 0 Å². The molecule has 2 heterocycles. The zero-order valence-corrected chi connectivity index (χ0v) is 10.8. The molecular formula is C9H7N3O5S2. The Morgan fingerprint density at radius 3 is 2.74 bits per heavy atom. The number of hydrogen-bond acceptors (Lipinski definition) is 7. The van der Waals surface area contributed by atoms with Crippen molar-refractivity contribution >= 4 is 32.9 Å². The summed E-state index contributed by atoms with van der Waals surface area (Å²) in [5, 5.41) is 21.5. The van der Waals surface area contributed by atoms with Crippen molar-refractivity contribution < 1.29 is 18.4 Å². The molecule has 0 atom stereocenters. The van der Waals surface area contributed by atoms with Crippen molar-refractivity contribution in [2.75, 3.05) is 4.72 Å². The first kappa shape index (κ1) is 13.2. The van der Waals surface area contributed by atoms with Crippen LogP contribution in [-0.4, -0.2) is 23.4 Å². The summed E-state index contributed by atoms with van der Waals surface area (Å²) in [6.07, 6.45) is 0.853. The number of rotatable bonds is 4. The van der Waals surface area contributed by atoms with Gasteiger partial charge >= 0.3 is 0 Å². The minimum Gasteiger partial charge on any atom is -0.504 e. The van der Waals surface area contributed by atoms with E-state index in [0.717, 1.165) is 23.6 Å². The van der Waals surface area contributed by atoms with Crippen LogP contribution in [0.3, 0.4) is 0 Å². The van der Waals surface area contributed by atoms with Crippen LogP contribution in [0, 0.1) is 10.1 Å². The van der Waals surface area contributed by atoms with Gasteiger partial charge in [-0.2, -0.15) is 0 Å². The lowest BCUT2D eigenvalue weighted by Gasteiger charge is -2.06. The molecule has 0 aliphatic carbocycles. The standard InChI is InChI=1S/C9H7N3O5S2/c13-7-4-6(12(14)15)5-10-9(7)11-19(16,17)8-2-1-3-18-8/h1-5,13H,(H,10,11). The Morgan fingerprint density at radius 2 is 2.21 bits per heavy atom. The lowest BCUT2D eigenvalue weighted by atomic mass is 10.4. The second kappa shape index (κ2) is 4.82. The van der Waals surface area contributed by atoms with Gasteiger partial charge in [0.25, 0.3) is 15.7 Å². The number of pyridine rings is 1. The first-order valence-electron chi connectivity index (χ1n) is 4.80. The molecule has 0 aromatic carbocycles. The Balaban J connectivity index is 2.32. The summed E-state index contributed by atoms with van der Waals surface area (Å²) in [5.74, 6) is -0.978. The highest BCUT2D eigenvalue weighted by Crippen LogP contribution is 2.27. The van der Waals surface area contributed by atoms with Gasteiger partial charge < -0.3 is 5.11 Å². The third-order valence-electron chi connectivity index (χ3n) is 2.05. The van der Waals surface area contributed by atoms with Crippen LogP contribution in [0.25, 0.3) is 0 Å². The zero-order valence-electron chi connectivity index (χ0n) is 9.18. The van der Waals surface area contributed by atoms with Crippen molar-refractivity contribution in [2.24, 2.45) is 0 Å². The van der Waals surface area contributed by atoms with Crippen molar-refractivity contribution in [3.63, 3.8) is 0 Å². The molecule has 0 radical (unpaired) electrons. The van der Waals surface area contributed by atoms with Crippen LogP contribution in [-0.2, 0) is 10.0 Å². The van der Waals surface area contributed by atoms with Gasteiger partial charge in [-0.15, -0.1) is 11.3 Å². The quantitative estimate of drug-likeness (QED) is 0.652. The summed E-state index contributed by atoms with van der Waals surface area (Å²) >= 11 is 0.995. The number of nitrogens with zero attached hydrogens (tertiary/aromatic N) is 2. The molecule has 0 aliphatic rings. The van der Waals surface area contributed by atoms with Crippen LogP contribution in [0.15, 0.2) is 34.0 Å². The molecule has 0 saturated heterocycles. The van der Waals surface area contributed by atoms with Crippen molar-refractivity contribution in [3.05, 3.63) is 39.9 Å². The molecule has 2 rings (SSSR count). The Kier molecular flexibility index (Phi) is 3.36. The monoisotopic (exact) mass is 301 g/mol. The van der Waals surface area contributed by atoms with Crippen molar-refractivity contribution in [1.82, 2.24) is 4.98 Å². The maximum Gasteiger partial charge on any atom is 0.291 e. The number of hydrogen-bond donors (Lipinski definition) is 2. The van der Waals surface area contributed by atoms with Gasteiger partial charge in [0.2, 0.25) is 0 Å². The van der Waals surface area contributed by atoms with E-state index in [1.165, 1.54) is 6.07 Å². The fraction of sp³-hybridized carbons (Fsp3) is 0. The summed E-state index contributed by atoms with van der Waals surface area (Å²) in [7, 11) is -3.85. The second-order valence-electron chi connectivity index (χ2n) is 3.36. The molecule has 0 aliphatic heterocycles. The lowest BCUT2D eigenvalue weighted by molar-refractivity contribution is -0.385. The van der Waals surface area contributed by atoms with E-state index in [2.05, 4.69) is 9.71 Å². The summed E-state index contributed by atoms with van der Waals surface area (Å²) in [6, 6.07) is 3.76. The van der Waals surface area contributed by atoms with Gasteiger partial charge in [-0.1, -0.05) is 6.07 Å². The summed E-state index contributed by atoms with van der Waals surface area (Å²) < 4.78 is 25.8. The first-order chi connectivity index (χ1) is 8.90. The van der Waals surface area contributed by atoms with Gasteiger partial charge in [-0.3, -0.25) is 14.8 Å². The van der Waals surface area contributed by atoms with Gasteiger partial charge in [0.15, 0.2) is 11.6 Å². The Labute approximate surface area is 111 Å². The molecule has 100 valence electrons. The SMILES string of the molecule is O=[N+]([O-])c1cnc(NS(=O)(=O)c2cccs2)c(O)c1. The van der Waals surface area contributed by atoms with E-state index in [0.29, 0.717) is 0 Å². The highest BCUT2D eigenvalue weighted by molar-refractivity contribution is 7.94. The summed E-state index contributed by atoms with van der Waals surface area (Å²) in [5.41, 5.74) is -0.434. The molecule has 0 fully saturated rings.